The van der Waals surface area contributed by atoms with E-state index in [9.17, 15) is 19.7 Å². The molecule has 2 amide bonds. The molecule has 0 heterocycles. The molecule has 7 heteroatoms. The van der Waals surface area contributed by atoms with Crippen LogP contribution in [0.3, 0.4) is 0 Å². The van der Waals surface area contributed by atoms with E-state index >= 15 is 0 Å². The topological polar surface area (TPSA) is 101 Å². The van der Waals surface area contributed by atoms with Crippen molar-refractivity contribution < 1.29 is 14.5 Å². The molecule has 0 bridgehead atoms. The van der Waals surface area contributed by atoms with Crippen molar-refractivity contribution in [3.63, 3.8) is 0 Å². The van der Waals surface area contributed by atoms with Crippen molar-refractivity contribution in [3.8, 4) is 0 Å². The van der Waals surface area contributed by atoms with E-state index in [1.807, 2.05) is 6.92 Å². The number of benzene rings is 2. The summed E-state index contributed by atoms with van der Waals surface area (Å²) in [5.74, 6) is -0.444. The van der Waals surface area contributed by atoms with E-state index < -0.39 is 4.92 Å². The number of nitrogens with one attached hydrogen (secondary N) is 2. The van der Waals surface area contributed by atoms with Crippen LogP contribution in [0.1, 0.15) is 36.5 Å². The Morgan fingerprint density at radius 2 is 1.76 bits per heavy atom. The van der Waals surface area contributed by atoms with E-state index in [2.05, 4.69) is 10.6 Å². The highest BCUT2D eigenvalue weighted by Crippen LogP contribution is 2.18. The van der Waals surface area contributed by atoms with Gasteiger partial charge in [0.1, 0.15) is 0 Å². The second-order valence-electron chi connectivity index (χ2n) is 5.49. The van der Waals surface area contributed by atoms with E-state index in [1.165, 1.54) is 18.2 Å². The zero-order valence-electron chi connectivity index (χ0n) is 13.8. The van der Waals surface area contributed by atoms with Crippen molar-refractivity contribution in [2.24, 2.45) is 0 Å². The van der Waals surface area contributed by atoms with Crippen LogP contribution in [0.25, 0.3) is 0 Å². The fourth-order valence-electron chi connectivity index (χ4n) is 2.17. The molecule has 25 heavy (non-hydrogen) atoms. The van der Waals surface area contributed by atoms with Crippen LogP contribution in [0, 0.1) is 10.1 Å². The summed E-state index contributed by atoms with van der Waals surface area (Å²) in [7, 11) is 0. The van der Waals surface area contributed by atoms with Crippen molar-refractivity contribution >= 4 is 28.9 Å². The Morgan fingerprint density at radius 3 is 2.40 bits per heavy atom. The number of amides is 2. The lowest BCUT2D eigenvalue weighted by atomic mass is 10.1. The lowest BCUT2D eigenvalue weighted by molar-refractivity contribution is -0.384. The zero-order chi connectivity index (χ0) is 18.2. The summed E-state index contributed by atoms with van der Waals surface area (Å²) in [6.45, 7) is 2.02. The predicted molar refractivity (Wildman–Crippen MR) is 95.6 cm³/mol. The first-order valence-corrected chi connectivity index (χ1v) is 7.95. The predicted octanol–water partition coefficient (Wildman–Crippen LogP) is 3.98. The van der Waals surface area contributed by atoms with Crippen LogP contribution in [0.5, 0.6) is 0 Å². The molecule has 2 aromatic carbocycles. The third kappa shape index (κ3) is 5.42. The van der Waals surface area contributed by atoms with Crippen LogP contribution >= 0.6 is 0 Å². The van der Waals surface area contributed by atoms with Gasteiger partial charge in [0.05, 0.1) is 4.92 Å². The molecule has 0 spiro atoms. The highest BCUT2D eigenvalue weighted by atomic mass is 16.6. The van der Waals surface area contributed by atoms with Crippen LogP contribution < -0.4 is 10.6 Å². The Kier molecular flexibility index (Phi) is 6.22. The van der Waals surface area contributed by atoms with Crippen molar-refractivity contribution in [1.29, 1.82) is 0 Å². The van der Waals surface area contributed by atoms with Crippen LogP contribution in [0.2, 0.25) is 0 Å². The number of carbonyl (C=O) groups is 2. The third-order valence-electron chi connectivity index (χ3n) is 3.50. The Morgan fingerprint density at radius 1 is 1.04 bits per heavy atom. The van der Waals surface area contributed by atoms with Gasteiger partial charge in [-0.05, 0) is 36.8 Å². The lowest BCUT2D eigenvalue weighted by Gasteiger charge is -2.07. The fourth-order valence-corrected chi connectivity index (χ4v) is 2.17. The van der Waals surface area contributed by atoms with Crippen molar-refractivity contribution in [1.82, 2.24) is 0 Å². The first-order valence-electron chi connectivity index (χ1n) is 7.95. The van der Waals surface area contributed by atoms with Crippen LogP contribution in [-0.2, 0) is 4.79 Å². The maximum Gasteiger partial charge on any atom is 0.271 e. The van der Waals surface area contributed by atoms with E-state index in [0.29, 0.717) is 23.4 Å². The van der Waals surface area contributed by atoms with Crippen molar-refractivity contribution in [3.05, 3.63) is 64.2 Å². The normalized spacial score (nSPS) is 10.1. The number of rotatable bonds is 7. The van der Waals surface area contributed by atoms with E-state index in [4.69, 9.17) is 0 Å². The number of carbonyl (C=O) groups excluding carboxylic acids is 2. The third-order valence-corrected chi connectivity index (χ3v) is 3.50. The minimum atomic E-state index is -0.522. The summed E-state index contributed by atoms with van der Waals surface area (Å²) < 4.78 is 0. The van der Waals surface area contributed by atoms with Gasteiger partial charge >= 0.3 is 0 Å². The molecule has 0 saturated heterocycles. The number of unbranched alkanes of at least 4 members (excludes halogenated alkanes) is 1. The molecule has 2 rings (SSSR count). The van der Waals surface area contributed by atoms with Crippen LogP contribution in [0.4, 0.5) is 17.1 Å². The average Bonchev–Trinajstić information content (AvgIpc) is 2.60. The molecular formula is C18H19N3O4. The highest BCUT2D eigenvalue weighted by molar-refractivity contribution is 6.04. The van der Waals surface area contributed by atoms with Gasteiger partial charge in [-0.1, -0.05) is 19.4 Å². The summed E-state index contributed by atoms with van der Waals surface area (Å²) in [6, 6.07) is 12.2. The van der Waals surface area contributed by atoms with Gasteiger partial charge in [0, 0.05) is 35.5 Å². The Hall–Kier alpha value is -3.22. The smallest absolute Gasteiger partial charge is 0.271 e. The largest absolute Gasteiger partial charge is 0.326 e. The Labute approximate surface area is 145 Å². The van der Waals surface area contributed by atoms with Gasteiger partial charge in [-0.3, -0.25) is 19.7 Å². The van der Waals surface area contributed by atoms with Crippen LogP contribution in [-0.4, -0.2) is 16.7 Å². The first-order chi connectivity index (χ1) is 12.0. The molecule has 0 aliphatic carbocycles. The molecule has 2 N–H and O–H groups in total. The second-order valence-corrected chi connectivity index (χ2v) is 5.49. The monoisotopic (exact) mass is 341 g/mol. The summed E-state index contributed by atoms with van der Waals surface area (Å²) in [5.41, 5.74) is 1.25. The molecule has 0 radical (unpaired) electrons. The number of hydrogen-bond acceptors (Lipinski definition) is 4. The number of nitro groups is 1. The zero-order valence-corrected chi connectivity index (χ0v) is 13.8. The molecule has 0 aliphatic heterocycles. The molecule has 7 nitrogen and oxygen atoms in total. The van der Waals surface area contributed by atoms with Gasteiger partial charge in [0.25, 0.3) is 11.6 Å². The molecule has 0 fully saturated rings. The molecule has 130 valence electrons. The van der Waals surface area contributed by atoms with Gasteiger partial charge in [0.15, 0.2) is 0 Å². The fraction of sp³-hybridized carbons (Fsp3) is 0.222. The first kappa shape index (κ1) is 18.1. The summed E-state index contributed by atoms with van der Waals surface area (Å²) in [5, 5.41) is 16.1. The maximum atomic E-state index is 12.2. The molecular weight excluding hydrogens is 322 g/mol. The molecule has 0 aliphatic rings. The van der Waals surface area contributed by atoms with Gasteiger partial charge < -0.3 is 10.6 Å². The Balaban J connectivity index is 1.99. The quantitative estimate of drug-likeness (QED) is 0.587. The standard InChI is InChI=1S/C18H19N3O4/c1-2-3-7-17(22)19-14-10-8-13(9-11-14)18(23)20-15-5-4-6-16(12-15)21(24)25/h4-6,8-12H,2-3,7H2,1H3,(H,19,22)(H,20,23). The number of nitro benzene ring substituents is 1. The number of nitrogens with zero attached hydrogens (tertiary/aromatic N) is 1. The summed E-state index contributed by atoms with van der Waals surface area (Å²) >= 11 is 0. The average molecular weight is 341 g/mol. The van der Waals surface area contributed by atoms with Gasteiger partial charge in [-0.25, -0.2) is 0 Å². The number of hydrogen-bond donors (Lipinski definition) is 2. The minimum Gasteiger partial charge on any atom is -0.326 e. The number of non-ortho nitro benzene ring substituents is 1. The van der Waals surface area contributed by atoms with E-state index in [-0.39, 0.29) is 17.5 Å². The molecule has 0 unspecified atom stereocenters. The lowest BCUT2D eigenvalue weighted by Crippen LogP contribution is -2.13. The molecule has 2 aromatic rings. The highest BCUT2D eigenvalue weighted by Gasteiger charge is 2.10. The van der Waals surface area contributed by atoms with Gasteiger partial charge in [0.2, 0.25) is 5.91 Å². The summed E-state index contributed by atoms with van der Waals surface area (Å²) in [4.78, 5) is 34.1. The molecule has 0 atom stereocenters. The molecule has 0 saturated carbocycles. The van der Waals surface area contributed by atoms with E-state index in [1.54, 1.807) is 30.3 Å². The maximum absolute atomic E-state index is 12.2. The second kappa shape index (κ2) is 8.58. The van der Waals surface area contributed by atoms with Crippen LogP contribution in [0.15, 0.2) is 48.5 Å². The van der Waals surface area contributed by atoms with E-state index in [0.717, 1.165) is 12.8 Å². The van der Waals surface area contributed by atoms with Crippen molar-refractivity contribution in [2.75, 3.05) is 10.6 Å². The Bertz CT molecular complexity index is 772. The summed E-state index contributed by atoms with van der Waals surface area (Å²) in [6.07, 6.45) is 2.24. The SMILES string of the molecule is CCCCC(=O)Nc1ccc(C(=O)Nc2cccc([N+](=O)[O-])c2)cc1. The van der Waals surface area contributed by atoms with Gasteiger partial charge in [-0.15, -0.1) is 0 Å². The minimum absolute atomic E-state index is 0.0596. The number of anilines is 2. The van der Waals surface area contributed by atoms with Gasteiger partial charge in [-0.2, -0.15) is 0 Å². The van der Waals surface area contributed by atoms with Crippen molar-refractivity contribution in [2.45, 2.75) is 26.2 Å². The molecule has 0 aromatic heterocycles.